The van der Waals surface area contributed by atoms with E-state index in [4.69, 9.17) is 5.11 Å². The van der Waals surface area contributed by atoms with E-state index in [0.29, 0.717) is 19.0 Å². The number of piperidine rings is 1. The van der Waals surface area contributed by atoms with Crippen LogP contribution < -0.4 is 5.32 Å². The fourth-order valence-electron chi connectivity index (χ4n) is 1.72. The van der Waals surface area contributed by atoms with Crippen molar-refractivity contribution in [1.82, 2.24) is 10.2 Å². The van der Waals surface area contributed by atoms with E-state index in [1.54, 1.807) is 0 Å². The quantitative estimate of drug-likeness (QED) is 0.691. The minimum atomic E-state index is -0.791. The van der Waals surface area contributed by atoms with Crippen LogP contribution in [0.5, 0.6) is 0 Å². The molecule has 1 rings (SSSR count). The molecule has 1 amide bonds. The summed E-state index contributed by atoms with van der Waals surface area (Å²) in [5, 5.41) is 12.1. The third-order valence-electron chi connectivity index (χ3n) is 2.59. The van der Waals surface area contributed by atoms with Gasteiger partial charge in [0.25, 0.3) is 0 Å². The Morgan fingerprint density at radius 2 is 2.15 bits per heavy atom. The summed E-state index contributed by atoms with van der Waals surface area (Å²) >= 11 is 0. The smallest absolute Gasteiger partial charge is 0.407 e. The number of carboxylic acid groups (broad SMARTS) is 1. The Morgan fingerprint density at radius 1 is 1.54 bits per heavy atom. The van der Waals surface area contributed by atoms with Crippen molar-refractivity contribution < 1.29 is 9.90 Å². The predicted octanol–water partition coefficient (Wildman–Crippen LogP) is 0.986. The van der Waals surface area contributed by atoms with E-state index in [1.165, 1.54) is 4.90 Å². The maximum atomic E-state index is 10.7. The maximum Gasteiger partial charge on any atom is 0.407 e. The van der Waals surface area contributed by atoms with Gasteiger partial charge in [0, 0.05) is 13.1 Å². The molecule has 0 aromatic heterocycles. The van der Waals surface area contributed by atoms with Gasteiger partial charge in [-0.25, -0.2) is 4.79 Å². The molecule has 0 atom stereocenters. The zero-order valence-corrected chi connectivity index (χ0v) is 8.12. The van der Waals surface area contributed by atoms with Crippen molar-refractivity contribution in [2.75, 3.05) is 26.2 Å². The highest BCUT2D eigenvalue weighted by molar-refractivity contribution is 5.64. The molecule has 1 heterocycles. The first-order chi connectivity index (χ1) is 6.24. The largest absolute Gasteiger partial charge is 0.465 e. The Bertz CT molecular complexity index is 167. The van der Waals surface area contributed by atoms with E-state index in [1.807, 2.05) is 6.92 Å². The fourth-order valence-corrected chi connectivity index (χ4v) is 1.72. The van der Waals surface area contributed by atoms with E-state index in [-0.39, 0.29) is 0 Å². The van der Waals surface area contributed by atoms with Crippen LogP contribution >= 0.6 is 0 Å². The van der Waals surface area contributed by atoms with Crippen LogP contribution in [0.3, 0.4) is 0 Å². The summed E-state index contributed by atoms with van der Waals surface area (Å²) in [7, 11) is 0. The molecule has 13 heavy (non-hydrogen) atoms. The van der Waals surface area contributed by atoms with Crippen molar-refractivity contribution in [3.63, 3.8) is 0 Å². The lowest BCUT2D eigenvalue weighted by Crippen LogP contribution is -2.38. The van der Waals surface area contributed by atoms with Crippen LogP contribution in [0.2, 0.25) is 0 Å². The topological polar surface area (TPSA) is 52.6 Å². The molecule has 1 aliphatic heterocycles. The van der Waals surface area contributed by atoms with Gasteiger partial charge in [-0.1, -0.05) is 0 Å². The number of nitrogens with one attached hydrogen (secondary N) is 1. The van der Waals surface area contributed by atoms with Gasteiger partial charge in [-0.05, 0) is 38.8 Å². The second-order valence-corrected chi connectivity index (χ2v) is 3.51. The molecule has 0 saturated carbocycles. The summed E-state index contributed by atoms with van der Waals surface area (Å²) in [5.74, 6) is 0.553. The highest BCUT2D eigenvalue weighted by atomic mass is 16.4. The normalized spacial score (nSPS) is 18.5. The molecule has 76 valence electrons. The summed E-state index contributed by atoms with van der Waals surface area (Å²) in [6, 6.07) is 0. The molecule has 0 aliphatic carbocycles. The SMILES string of the molecule is CCN(CC1CCNCC1)C(=O)O. The third kappa shape index (κ3) is 3.22. The molecule has 4 heteroatoms. The summed E-state index contributed by atoms with van der Waals surface area (Å²) in [4.78, 5) is 12.2. The van der Waals surface area contributed by atoms with E-state index in [0.717, 1.165) is 25.9 Å². The molecular weight excluding hydrogens is 168 g/mol. The lowest BCUT2D eigenvalue weighted by molar-refractivity contribution is 0.135. The second kappa shape index (κ2) is 5.07. The number of rotatable bonds is 3. The molecule has 0 unspecified atom stereocenters. The first-order valence-corrected chi connectivity index (χ1v) is 4.92. The average Bonchev–Trinajstić information content (AvgIpc) is 2.15. The van der Waals surface area contributed by atoms with Gasteiger partial charge in [-0.3, -0.25) is 0 Å². The highest BCUT2D eigenvalue weighted by Crippen LogP contribution is 2.13. The Hall–Kier alpha value is -0.770. The Kier molecular flexibility index (Phi) is 4.02. The molecule has 4 nitrogen and oxygen atoms in total. The average molecular weight is 186 g/mol. The molecule has 1 saturated heterocycles. The van der Waals surface area contributed by atoms with Crippen molar-refractivity contribution in [2.24, 2.45) is 5.92 Å². The second-order valence-electron chi connectivity index (χ2n) is 3.51. The molecule has 1 aliphatic rings. The molecule has 0 spiro atoms. The van der Waals surface area contributed by atoms with Gasteiger partial charge in [0.2, 0.25) is 0 Å². The molecule has 0 aromatic rings. The van der Waals surface area contributed by atoms with Crippen molar-refractivity contribution in [3.05, 3.63) is 0 Å². The summed E-state index contributed by atoms with van der Waals surface area (Å²) in [6.07, 6.45) is 1.41. The Morgan fingerprint density at radius 3 is 2.62 bits per heavy atom. The minimum Gasteiger partial charge on any atom is -0.465 e. The van der Waals surface area contributed by atoms with Gasteiger partial charge in [-0.2, -0.15) is 0 Å². The molecular formula is C9H18N2O2. The van der Waals surface area contributed by atoms with Gasteiger partial charge in [0.15, 0.2) is 0 Å². The molecule has 0 aromatic carbocycles. The lowest BCUT2D eigenvalue weighted by atomic mass is 9.98. The Balaban J connectivity index is 2.31. The van der Waals surface area contributed by atoms with E-state index in [9.17, 15) is 4.79 Å². The van der Waals surface area contributed by atoms with Gasteiger partial charge < -0.3 is 15.3 Å². The monoisotopic (exact) mass is 186 g/mol. The number of carbonyl (C=O) groups is 1. The van der Waals surface area contributed by atoms with E-state index in [2.05, 4.69) is 5.32 Å². The van der Waals surface area contributed by atoms with Gasteiger partial charge >= 0.3 is 6.09 Å². The molecule has 0 radical (unpaired) electrons. The van der Waals surface area contributed by atoms with Crippen molar-refractivity contribution >= 4 is 6.09 Å². The molecule has 0 bridgehead atoms. The first kappa shape index (κ1) is 10.3. The number of hydrogen-bond donors (Lipinski definition) is 2. The number of hydrogen-bond acceptors (Lipinski definition) is 2. The van der Waals surface area contributed by atoms with Crippen LogP contribution in [0.1, 0.15) is 19.8 Å². The molecule has 1 fully saturated rings. The zero-order valence-electron chi connectivity index (χ0n) is 8.12. The molecule has 2 N–H and O–H groups in total. The van der Waals surface area contributed by atoms with Crippen molar-refractivity contribution in [2.45, 2.75) is 19.8 Å². The van der Waals surface area contributed by atoms with Crippen LogP contribution in [0.15, 0.2) is 0 Å². The van der Waals surface area contributed by atoms with Crippen molar-refractivity contribution in [1.29, 1.82) is 0 Å². The number of nitrogens with zero attached hydrogens (tertiary/aromatic N) is 1. The summed E-state index contributed by atoms with van der Waals surface area (Å²) < 4.78 is 0. The predicted molar refractivity (Wildman–Crippen MR) is 50.9 cm³/mol. The van der Waals surface area contributed by atoms with Crippen LogP contribution in [0.25, 0.3) is 0 Å². The lowest BCUT2D eigenvalue weighted by Gasteiger charge is -2.27. The highest BCUT2D eigenvalue weighted by Gasteiger charge is 2.18. The third-order valence-corrected chi connectivity index (χ3v) is 2.59. The zero-order chi connectivity index (χ0) is 9.68. The van der Waals surface area contributed by atoms with Gasteiger partial charge in [0.1, 0.15) is 0 Å². The minimum absolute atomic E-state index is 0.553. The van der Waals surface area contributed by atoms with Crippen LogP contribution in [-0.2, 0) is 0 Å². The van der Waals surface area contributed by atoms with Gasteiger partial charge in [0.05, 0.1) is 0 Å². The van der Waals surface area contributed by atoms with E-state index < -0.39 is 6.09 Å². The van der Waals surface area contributed by atoms with Gasteiger partial charge in [-0.15, -0.1) is 0 Å². The van der Waals surface area contributed by atoms with Crippen molar-refractivity contribution in [3.8, 4) is 0 Å². The van der Waals surface area contributed by atoms with Crippen LogP contribution in [0.4, 0.5) is 4.79 Å². The first-order valence-electron chi connectivity index (χ1n) is 4.92. The Labute approximate surface area is 78.9 Å². The fraction of sp³-hybridized carbons (Fsp3) is 0.889. The van der Waals surface area contributed by atoms with Crippen LogP contribution in [-0.4, -0.2) is 42.3 Å². The van der Waals surface area contributed by atoms with E-state index >= 15 is 0 Å². The number of amides is 1. The standard InChI is InChI=1S/C9H18N2O2/c1-2-11(9(12)13)7-8-3-5-10-6-4-8/h8,10H,2-7H2,1H3,(H,12,13). The maximum absolute atomic E-state index is 10.7. The summed E-state index contributed by atoms with van der Waals surface area (Å²) in [6.45, 7) is 5.24. The van der Waals surface area contributed by atoms with Crippen LogP contribution in [0, 0.1) is 5.92 Å². The summed E-state index contributed by atoms with van der Waals surface area (Å²) in [5.41, 5.74) is 0.